The van der Waals surface area contributed by atoms with Gasteiger partial charge in [0, 0.05) is 15.5 Å². The molecule has 2 aromatic carbocycles. The maximum Gasteiger partial charge on any atom is 0.316 e. The molecule has 6 nitrogen and oxygen atoms in total. The molecule has 2 aliphatic rings. The van der Waals surface area contributed by atoms with Crippen molar-refractivity contribution in [1.82, 2.24) is 5.32 Å². The van der Waals surface area contributed by atoms with Gasteiger partial charge in [-0.25, -0.2) is 4.79 Å². The molecule has 1 fully saturated rings. The summed E-state index contributed by atoms with van der Waals surface area (Å²) in [4.78, 5) is 13.5. The Balaban J connectivity index is 0.000000213. The van der Waals surface area contributed by atoms with Crippen molar-refractivity contribution in [2.75, 3.05) is 18.5 Å². The lowest BCUT2D eigenvalue weighted by atomic mass is 10.3. The van der Waals surface area contributed by atoms with Gasteiger partial charge in [-0.05, 0) is 48.6 Å². The van der Waals surface area contributed by atoms with Crippen LogP contribution in [0.2, 0.25) is 0 Å². The molecule has 2 heterocycles. The molecule has 4 N–H and O–H groups in total. The highest BCUT2D eigenvalue weighted by atomic mass is 32.2. The molecule has 1 atom stereocenters. The van der Waals surface area contributed by atoms with Crippen LogP contribution >= 0.6 is 24.0 Å². The quantitative estimate of drug-likeness (QED) is 0.480. The highest BCUT2D eigenvalue weighted by molar-refractivity contribution is 8.04. The number of fused-ring (bicyclic) bond motifs is 1. The summed E-state index contributed by atoms with van der Waals surface area (Å²) in [6.07, 6.45) is -0.0686. The Kier molecular flexibility index (Phi) is 5.62. The van der Waals surface area contributed by atoms with E-state index in [1.807, 2.05) is 11.8 Å². The van der Waals surface area contributed by atoms with Crippen LogP contribution in [0, 0.1) is 0 Å². The first-order chi connectivity index (χ1) is 12.1. The van der Waals surface area contributed by atoms with Gasteiger partial charge in [0.2, 0.25) is 0 Å². The number of nitrogens with two attached hydrogens (primary N) is 1. The Morgan fingerprint density at radius 3 is 2.48 bits per heavy atom. The second-order valence-corrected chi connectivity index (χ2v) is 6.74. The zero-order chi connectivity index (χ0) is 17.6. The number of nitrogens with one attached hydrogen (secondary N) is 2. The standard InChI is InChI=1S/C11H13N3O3S.C6H4S/c12-10(15)14-7-1-3-8(4-2-7)16-6-9-5-13-11(18)17-9;1-2-4-6-5(3-1)7-6/h1-4,9H,5-6H2,(H,13,18)(H3,12,14,15);1-4H. The largest absolute Gasteiger partial charge is 0.490 e. The zero-order valence-corrected chi connectivity index (χ0v) is 14.9. The predicted molar refractivity (Wildman–Crippen MR) is 101 cm³/mol. The number of hydrogen-bond donors (Lipinski definition) is 3. The van der Waals surface area contributed by atoms with Gasteiger partial charge in [-0.1, -0.05) is 23.9 Å². The smallest absolute Gasteiger partial charge is 0.316 e. The molecular formula is C17H17N3O3S2. The van der Waals surface area contributed by atoms with Crippen molar-refractivity contribution in [1.29, 1.82) is 0 Å². The van der Waals surface area contributed by atoms with E-state index in [2.05, 4.69) is 34.9 Å². The number of hydrogen-bond acceptors (Lipinski definition) is 5. The highest BCUT2D eigenvalue weighted by Crippen LogP contribution is 2.47. The molecule has 1 saturated heterocycles. The van der Waals surface area contributed by atoms with E-state index >= 15 is 0 Å². The van der Waals surface area contributed by atoms with E-state index in [0.29, 0.717) is 29.8 Å². The summed E-state index contributed by atoms with van der Waals surface area (Å²) in [6.45, 7) is 1.07. The van der Waals surface area contributed by atoms with Gasteiger partial charge < -0.3 is 25.8 Å². The minimum Gasteiger partial charge on any atom is -0.490 e. The van der Waals surface area contributed by atoms with Crippen LogP contribution in [-0.4, -0.2) is 30.5 Å². The Morgan fingerprint density at radius 2 is 1.96 bits per heavy atom. The van der Waals surface area contributed by atoms with Crippen LogP contribution in [0.4, 0.5) is 10.5 Å². The first-order valence-corrected chi connectivity index (χ1v) is 8.83. The zero-order valence-electron chi connectivity index (χ0n) is 13.2. The van der Waals surface area contributed by atoms with Gasteiger partial charge in [-0.15, -0.1) is 0 Å². The number of thiocarbonyl (C=S) groups is 1. The molecule has 0 aliphatic carbocycles. The van der Waals surface area contributed by atoms with Crippen LogP contribution in [0.5, 0.6) is 5.75 Å². The van der Waals surface area contributed by atoms with E-state index in [-0.39, 0.29) is 6.10 Å². The maximum absolute atomic E-state index is 10.6. The summed E-state index contributed by atoms with van der Waals surface area (Å²) in [6, 6.07) is 14.7. The number of carbonyl (C=O) groups is 1. The first-order valence-electron chi connectivity index (χ1n) is 7.61. The van der Waals surface area contributed by atoms with Gasteiger partial charge in [0.05, 0.1) is 6.54 Å². The van der Waals surface area contributed by atoms with Crippen molar-refractivity contribution in [2.45, 2.75) is 15.9 Å². The predicted octanol–water partition coefficient (Wildman–Crippen LogP) is 2.98. The number of rotatable bonds is 4. The minimum atomic E-state index is -0.595. The lowest BCUT2D eigenvalue weighted by molar-refractivity contribution is 0.150. The highest BCUT2D eigenvalue weighted by Gasteiger charge is 2.20. The molecular weight excluding hydrogens is 358 g/mol. The Morgan fingerprint density at radius 1 is 1.28 bits per heavy atom. The molecule has 0 aromatic heterocycles. The van der Waals surface area contributed by atoms with Crippen LogP contribution in [0.15, 0.2) is 58.3 Å². The Labute approximate surface area is 155 Å². The summed E-state index contributed by atoms with van der Waals surface area (Å²) >= 11 is 6.70. The van der Waals surface area contributed by atoms with Gasteiger partial charge in [0.25, 0.3) is 5.17 Å². The van der Waals surface area contributed by atoms with E-state index < -0.39 is 6.03 Å². The molecule has 2 aromatic rings. The molecule has 0 saturated carbocycles. The van der Waals surface area contributed by atoms with Crippen LogP contribution in [0.1, 0.15) is 0 Å². The van der Waals surface area contributed by atoms with Crippen molar-refractivity contribution < 1.29 is 14.3 Å². The van der Waals surface area contributed by atoms with Crippen LogP contribution in [-0.2, 0) is 4.74 Å². The average molecular weight is 375 g/mol. The van der Waals surface area contributed by atoms with Crippen molar-refractivity contribution in [3.63, 3.8) is 0 Å². The number of benzene rings is 2. The van der Waals surface area contributed by atoms with E-state index in [4.69, 9.17) is 27.4 Å². The van der Waals surface area contributed by atoms with Crippen LogP contribution in [0.3, 0.4) is 0 Å². The van der Waals surface area contributed by atoms with Gasteiger partial charge in [-0.2, -0.15) is 0 Å². The van der Waals surface area contributed by atoms with E-state index in [0.717, 1.165) is 0 Å². The first kappa shape index (κ1) is 17.4. The summed E-state index contributed by atoms with van der Waals surface area (Å²) in [5.74, 6) is 0.687. The third-order valence-corrected chi connectivity index (χ3v) is 4.52. The molecule has 0 radical (unpaired) electrons. The van der Waals surface area contributed by atoms with E-state index in [9.17, 15) is 4.79 Å². The molecule has 4 rings (SSSR count). The van der Waals surface area contributed by atoms with Crippen molar-refractivity contribution in [3.8, 4) is 5.75 Å². The van der Waals surface area contributed by atoms with Crippen molar-refractivity contribution in [3.05, 3.63) is 48.5 Å². The summed E-state index contributed by atoms with van der Waals surface area (Å²) in [5.41, 5.74) is 5.62. The van der Waals surface area contributed by atoms with Crippen molar-refractivity contribution in [2.24, 2.45) is 5.73 Å². The fraction of sp³-hybridized carbons (Fsp3) is 0.176. The fourth-order valence-corrected chi connectivity index (χ4v) is 2.94. The van der Waals surface area contributed by atoms with E-state index in [1.165, 1.54) is 9.79 Å². The van der Waals surface area contributed by atoms with Crippen molar-refractivity contribution >= 4 is 40.9 Å². The monoisotopic (exact) mass is 375 g/mol. The molecule has 0 bridgehead atoms. The minimum absolute atomic E-state index is 0.0686. The molecule has 8 heteroatoms. The summed E-state index contributed by atoms with van der Waals surface area (Å²) in [7, 11) is 0. The average Bonchev–Trinajstić information content (AvgIpc) is 3.28. The Hall–Kier alpha value is -2.45. The lowest BCUT2D eigenvalue weighted by Crippen LogP contribution is -2.22. The maximum atomic E-state index is 10.6. The lowest BCUT2D eigenvalue weighted by Gasteiger charge is -2.11. The number of primary amides is 1. The van der Waals surface area contributed by atoms with Gasteiger partial charge >= 0.3 is 6.03 Å². The molecule has 130 valence electrons. The van der Waals surface area contributed by atoms with E-state index in [1.54, 1.807) is 24.3 Å². The fourth-order valence-electron chi connectivity index (χ4n) is 2.10. The number of anilines is 1. The van der Waals surface area contributed by atoms with Crippen LogP contribution in [0.25, 0.3) is 0 Å². The Bertz CT molecular complexity index is 747. The molecule has 2 amide bonds. The van der Waals surface area contributed by atoms with Gasteiger partial charge in [0.15, 0.2) is 6.10 Å². The summed E-state index contributed by atoms with van der Waals surface area (Å²) in [5, 5.41) is 5.78. The number of ether oxygens (including phenoxy) is 2. The van der Waals surface area contributed by atoms with Gasteiger partial charge in [-0.3, -0.25) is 0 Å². The second-order valence-electron chi connectivity index (χ2n) is 5.28. The number of urea groups is 1. The third-order valence-electron chi connectivity index (χ3n) is 3.33. The number of carbonyl (C=O) groups excluding carboxylic acids is 1. The van der Waals surface area contributed by atoms with Gasteiger partial charge in [0.1, 0.15) is 12.4 Å². The summed E-state index contributed by atoms with van der Waals surface area (Å²) < 4.78 is 10.8. The number of amides is 2. The second kappa shape index (κ2) is 8.09. The molecule has 2 aliphatic heterocycles. The topological polar surface area (TPSA) is 85.6 Å². The molecule has 0 spiro atoms. The van der Waals surface area contributed by atoms with Crippen LogP contribution < -0.4 is 21.1 Å². The molecule has 25 heavy (non-hydrogen) atoms. The normalized spacial score (nSPS) is 16.5. The molecule has 1 unspecified atom stereocenters. The third kappa shape index (κ3) is 5.54. The SMILES string of the molecule is NC(=O)Nc1ccc(OCC2CNC(=S)O2)cc1.c1ccc2c(c1)S2.